The topological polar surface area (TPSA) is 74.8 Å². The molecule has 0 aliphatic carbocycles. The summed E-state index contributed by atoms with van der Waals surface area (Å²) in [5.41, 5.74) is 0.982. The van der Waals surface area contributed by atoms with Crippen LogP contribution >= 0.6 is 0 Å². The van der Waals surface area contributed by atoms with Crippen LogP contribution in [0.15, 0.2) is 24.5 Å². The number of piperidine rings is 1. The zero-order chi connectivity index (χ0) is 18.2. The van der Waals surface area contributed by atoms with Gasteiger partial charge in [0.1, 0.15) is 0 Å². The molecule has 1 atom stereocenters. The fourth-order valence-electron chi connectivity index (χ4n) is 3.49. The van der Waals surface area contributed by atoms with Gasteiger partial charge in [0, 0.05) is 58.1 Å². The Balaban J connectivity index is 1.41. The van der Waals surface area contributed by atoms with Crippen LogP contribution in [-0.4, -0.2) is 72.5 Å². The average Bonchev–Trinajstić information content (AvgIpc) is 2.69. The van der Waals surface area contributed by atoms with E-state index in [4.69, 9.17) is 4.74 Å². The highest BCUT2D eigenvalue weighted by Crippen LogP contribution is 2.18. The Hall–Kier alpha value is -1.99. The van der Waals surface area contributed by atoms with Gasteiger partial charge in [-0.25, -0.2) is 0 Å². The maximum atomic E-state index is 12.5. The maximum Gasteiger partial charge on any atom is 0.225 e. The first-order valence-corrected chi connectivity index (χ1v) is 9.47. The van der Waals surface area contributed by atoms with Gasteiger partial charge in [-0.3, -0.25) is 19.5 Å². The van der Waals surface area contributed by atoms with Gasteiger partial charge in [0.2, 0.25) is 11.8 Å². The van der Waals surface area contributed by atoms with Gasteiger partial charge in [-0.15, -0.1) is 0 Å². The second-order valence-corrected chi connectivity index (χ2v) is 6.96. The van der Waals surface area contributed by atoms with Gasteiger partial charge < -0.3 is 15.0 Å². The molecule has 2 amide bonds. The second-order valence-electron chi connectivity index (χ2n) is 6.96. The molecule has 7 heteroatoms. The first-order valence-electron chi connectivity index (χ1n) is 9.47. The van der Waals surface area contributed by atoms with E-state index >= 15 is 0 Å². The molecular weight excluding hydrogens is 332 g/mol. The minimum atomic E-state index is -0.118. The minimum absolute atomic E-state index is 0.0273. The largest absolute Gasteiger partial charge is 0.379 e. The Morgan fingerprint density at radius 2 is 2.15 bits per heavy atom. The second kappa shape index (κ2) is 9.64. The third kappa shape index (κ3) is 5.51. The smallest absolute Gasteiger partial charge is 0.225 e. The van der Waals surface area contributed by atoms with E-state index < -0.39 is 0 Å². The van der Waals surface area contributed by atoms with Gasteiger partial charge in [0.25, 0.3) is 0 Å². The van der Waals surface area contributed by atoms with Crippen LogP contribution in [0.5, 0.6) is 0 Å². The van der Waals surface area contributed by atoms with E-state index in [0.717, 1.165) is 51.4 Å². The summed E-state index contributed by atoms with van der Waals surface area (Å²) in [6, 6.07) is 3.80. The summed E-state index contributed by atoms with van der Waals surface area (Å²) in [5, 5.41) is 2.97. The molecule has 0 saturated carbocycles. The van der Waals surface area contributed by atoms with Crippen molar-refractivity contribution in [3.05, 3.63) is 30.1 Å². The minimum Gasteiger partial charge on any atom is -0.379 e. The molecule has 2 fully saturated rings. The normalized spacial score (nSPS) is 21.6. The SMILES string of the molecule is O=C(NCc1cccnc1)C1CCC(=O)N(CCCN2CCOCC2)C1. The number of hydrogen-bond acceptors (Lipinski definition) is 5. The van der Waals surface area contributed by atoms with Crippen molar-refractivity contribution in [3.63, 3.8) is 0 Å². The molecule has 2 saturated heterocycles. The van der Waals surface area contributed by atoms with Gasteiger partial charge in [-0.2, -0.15) is 0 Å². The van der Waals surface area contributed by atoms with E-state index in [1.54, 1.807) is 12.4 Å². The molecule has 3 heterocycles. The third-order valence-electron chi connectivity index (χ3n) is 5.07. The predicted molar refractivity (Wildman–Crippen MR) is 97.3 cm³/mol. The van der Waals surface area contributed by atoms with Crippen molar-refractivity contribution in [2.75, 3.05) is 45.9 Å². The highest BCUT2D eigenvalue weighted by molar-refractivity contribution is 5.83. The Morgan fingerprint density at radius 1 is 1.31 bits per heavy atom. The molecule has 2 aliphatic heterocycles. The molecule has 142 valence electrons. The average molecular weight is 360 g/mol. The molecule has 1 N–H and O–H groups in total. The van der Waals surface area contributed by atoms with Crippen LogP contribution in [0.25, 0.3) is 0 Å². The lowest BCUT2D eigenvalue weighted by Gasteiger charge is -2.33. The van der Waals surface area contributed by atoms with Crippen molar-refractivity contribution in [2.24, 2.45) is 5.92 Å². The number of nitrogens with one attached hydrogen (secondary N) is 1. The van der Waals surface area contributed by atoms with Crippen LogP contribution in [0.4, 0.5) is 0 Å². The molecule has 1 aromatic heterocycles. The number of ether oxygens (including phenoxy) is 1. The zero-order valence-electron chi connectivity index (χ0n) is 15.2. The van der Waals surface area contributed by atoms with Gasteiger partial charge in [-0.1, -0.05) is 6.07 Å². The van der Waals surface area contributed by atoms with Crippen LogP contribution in [0.1, 0.15) is 24.8 Å². The number of aromatic nitrogens is 1. The van der Waals surface area contributed by atoms with Gasteiger partial charge >= 0.3 is 0 Å². The summed E-state index contributed by atoms with van der Waals surface area (Å²) in [7, 11) is 0. The van der Waals surface area contributed by atoms with E-state index in [1.165, 1.54) is 0 Å². The summed E-state index contributed by atoms with van der Waals surface area (Å²) in [6.07, 6.45) is 5.51. The van der Waals surface area contributed by atoms with Crippen LogP contribution in [-0.2, 0) is 20.9 Å². The number of amides is 2. The van der Waals surface area contributed by atoms with Crippen molar-refractivity contribution < 1.29 is 14.3 Å². The lowest BCUT2D eigenvalue weighted by atomic mass is 9.96. The Labute approximate surface area is 154 Å². The first kappa shape index (κ1) is 18.8. The van der Waals surface area contributed by atoms with Crippen molar-refractivity contribution in [1.29, 1.82) is 0 Å². The lowest BCUT2D eigenvalue weighted by molar-refractivity contribution is -0.138. The van der Waals surface area contributed by atoms with E-state index in [-0.39, 0.29) is 17.7 Å². The highest BCUT2D eigenvalue weighted by Gasteiger charge is 2.29. The predicted octanol–water partition coefficient (Wildman–Crippen LogP) is 0.659. The first-order chi connectivity index (χ1) is 12.7. The standard InChI is InChI=1S/C19H28N4O3/c24-18-5-4-17(19(25)21-14-16-3-1-6-20-13-16)15-23(18)8-2-7-22-9-11-26-12-10-22/h1,3,6,13,17H,2,4-5,7-12,14-15H2,(H,21,25). The monoisotopic (exact) mass is 360 g/mol. The fourth-order valence-corrected chi connectivity index (χ4v) is 3.49. The van der Waals surface area contributed by atoms with E-state index in [9.17, 15) is 9.59 Å². The highest BCUT2D eigenvalue weighted by atomic mass is 16.5. The molecule has 7 nitrogen and oxygen atoms in total. The molecule has 2 aliphatic rings. The fraction of sp³-hybridized carbons (Fsp3) is 0.632. The number of morpholine rings is 1. The summed E-state index contributed by atoms with van der Waals surface area (Å²) >= 11 is 0. The number of carbonyl (C=O) groups excluding carboxylic acids is 2. The maximum absolute atomic E-state index is 12.5. The molecule has 0 radical (unpaired) electrons. The summed E-state index contributed by atoms with van der Waals surface area (Å²) in [5.74, 6) is 0.0792. The van der Waals surface area contributed by atoms with Gasteiger partial charge in [0.15, 0.2) is 0 Å². The van der Waals surface area contributed by atoms with E-state index in [1.807, 2.05) is 17.0 Å². The molecule has 0 aromatic carbocycles. The summed E-state index contributed by atoms with van der Waals surface area (Å²) in [6.45, 7) is 6.23. The number of hydrogen-bond donors (Lipinski definition) is 1. The zero-order valence-corrected chi connectivity index (χ0v) is 15.2. The quantitative estimate of drug-likeness (QED) is 0.773. The van der Waals surface area contributed by atoms with Gasteiger partial charge in [0.05, 0.1) is 19.1 Å². The van der Waals surface area contributed by atoms with Crippen molar-refractivity contribution in [2.45, 2.75) is 25.8 Å². The van der Waals surface area contributed by atoms with E-state index in [2.05, 4.69) is 15.2 Å². The summed E-state index contributed by atoms with van der Waals surface area (Å²) < 4.78 is 5.35. The molecule has 3 rings (SSSR count). The van der Waals surface area contributed by atoms with E-state index in [0.29, 0.717) is 25.9 Å². The number of rotatable bonds is 7. The number of nitrogens with zero attached hydrogens (tertiary/aromatic N) is 3. The molecule has 0 bridgehead atoms. The third-order valence-corrected chi connectivity index (χ3v) is 5.07. The Bertz CT molecular complexity index is 590. The van der Waals surface area contributed by atoms with Gasteiger partial charge in [-0.05, 0) is 24.5 Å². The number of likely N-dealkylation sites (tertiary alicyclic amines) is 1. The Morgan fingerprint density at radius 3 is 2.92 bits per heavy atom. The number of carbonyl (C=O) groups is 2. The van der Waals surface area contributed by atoms with Crippen LogP contribution in [0.3, 0.4) is 0 Å². The lowest BCUT2D eigenvalue weighted by Crippen LogP contribution is -2.46. The molecule has 1 unspecified atom stereocenters. The van der Waals surface area contributed by atoms with Crippen LogP contribution < -0.4 is 5.32 Å². The van der Waals surface area contributed by atoms with Crippen LogP contribution in [0, 0.1) is 5.92 Å². The van der Waals surface area contributed by atoms with Crippen LogP contribution in [0.2, 0.25) is 0 Å². The molecule has 26 heavy (non-hydrogen) atoms. The van der Waals surface area contributed by atoms with Crippen molar-refractivity contribution >= 4 is 11.8 Å². The molecule has 0 spiro atoms. The number of pyridine rings is 1. The Kier molecular flexibility index (Phi) is 6.96. The van der Waals surface area contributed by atoms with Crippen molar-refractivity contribution in [3.8, 4) is 0 Å². The molecule has 1 aromatic rings. The van der Waals surface area contributed by atoms with Crippen molar-refractivity contribution in [1.82, 2.24) is 20.1 Å². The molecular formula is C19H28N4O3. The summed E-state index contributed by atoms with van der Waals surface area (Å²) in [4.78, 5) is 32.9.